The molecule has 34 heavy (non-hydrogen) atoms. The fourth-order valence-corrected chi connectivity index (χ4v) is 5.41. The largest absolute Gasteiger partial charge is 0.395 e. The Morgan fingerprint density at radius 2 is 1.82 bits per heavy atom. The van der Waals surface area contributed by atoms with Gasteiger partial charge in [0.15, 0.2) is 5.13 Å². The molecule has 3 aromatic heterocycles. The van der Waals surface area contributed by atoms with Crippen LogP contribution in [0.25, 0.3) is 16.9 Å². The van der Waals surface area contributed by atoms with Gasteiger partial charge in [0.25, 0.3) is 0 Å². The van der Waals surface area contributed by atoms with Crippen molar-refractivity contribution in [3.63, 3.8) is 0 Å². The van der Waals surface area contributed by atoms with Gasteiger partial charge in [-0.15, -0.1) is 11.3 Å². The molecule has 0 saturated carbocycles. The molecule has 7 nitrogen and oxygen atoms in total. The van der Waals surface area contributed by atoms with Gasteiger partial charge in [0.2, 0.25) is 0 Å². The lowest BCUT2D eigenvalue weighted by molar-refractivity contribution is 0.189. The van der Waals surface area contributed by atoms with E-state index >= 15 is 0 Å². The minimum absolute atomic E-state index is 0.215. The van der Waals surface area contributed by atoms with Crippen molar-refractivity contribution in [2.24, 2.45) is 0 Å². The van der Waals surface area contributed by atoms with E-state index < -0.39 is 0 Å². The summed E-state index contributed by atoms with van der Waals surface area (Å²) in [6, 6.07) is 12.1. The number of imidazole rings is 1. The molecular weight excluding hydrogens is 468 g/mol. The van der Waals surface area contributed by atoms with E-state index in [1.165, 1.54) is 5.69 Å². The molecule has 5 rings (SSSR count). The summed E-state index contributed by atoms with van der Waals surface area (Å²) < 4.78 is 2.19. The van der Waals surface area contributed by atoms with Crippen LogP contribution in [0.5, 0.6) is 0 Å². The molecule has 0 aliphatic carbocycles. The number of fused-ring (bicyclic) bond motifs is 1. The zero-order valence-corrected chi connectivity index (χ0v) is 21.1. The number of thiazole rings is 1. The number of halogens is 1. The molecule has 0 amide bonds. The second-order valence-electron chi connectivity index (χ2n) is 8.48. The third kappa shape index (κ3) is 4.51. The Labute approximate surface area is 208 Å². The van der Waals surface area contributed by atoms with Gasteiger partial charge in [-0.2, -0.15) is 0 Å². The Morgan fingerprint density at radius 3 is 2.53 bits per heavy atom. The molecule has 1 aromatic carbocycles. The van der Waals surface area contributed by atoms with Crippen molar-refractivity contribution >= 4 is 45.2 Å². The lowest BCUT2D eigenvalue weighted by atomic mass is 10.2. The van der Waals surface area contributed by atoms with E-state index in [1.807, 2.05) is 24.3 Å². The Bertz CT molecular complexity index is 1260. The van der Waals surface area contributed by atoms with Gasteiger partial charge < -0.3 is 14.9 Å². The maximum absolute atomic E-state index is 9.22. The van der Waals surface area contributed by atoms with Crippen molar-refractivity contribution < 1.29 is 5.11 Å². The van der Waals surface area contributed by atoms with Crippen LogP contribution in [0.4, 0.5) is 16.6 Å². The molecule has 0 unspecified atom stereocenters. The number of nitrogens with zero attached hydrogens (tertiary/aromatic N) is 6. The molecule has 0 bridgehead atoms. The van der Waals surface area contributed by atoms with Crippen LogP contribution in [0.3, 0.4) is 0 Å². The number of hydrogen-bond donors (Lipinski definition) is 1. The van der Waals surface area contributed by atoms with Crippen LogP contribution in [0.15, 0.2) is 48.0 Å². The molecule has 0 spiro atoms. The van der Waals surface area contributed by atoms with Crippen molar-refractivity contribution in [3.8, 4) is 11.3 Å². The van der Waals surface area contributed by atoms with Gasteiger partial charge in [0, 0.05) is 61.9 Å². The summed E-state index contributed by atoms with van der Waals surface area (Å²) in [5.74, 6) is 1.05. The van der Waals surface area contributed by atoms with Gasteiger partial charge >= 0.3 is 0 Å². The smallest absolute Gasteiger partial charge is 0.191 e. The Hall–Kier alpha value is -2.65. The van der Waals surface area contributed by atoms with Gasteiger partial charge in [-0.1, -0.05) is 30.7 Å². The second-order valence-corrected chi connectivity index (χ2v) is 9.76. The summed E-state index contributed by atoms with van der Waals surface area (Å²) in [4.78, 5) is 16.7. The number of anilines is 3. The SMILES string of the molecule is CCc1nc2ccc(N3CCN(CCO)CC3)cn2c1N(C)c1nc(-c2ccc(Cl)cc2)cs1. The molecule has 1 fully saturated rings. The highest BCUT2D eigenvalue weighted by Crippen LogP contribution is 2.34. The van der Waals surface area contributed by atoms with E-state index in [0.717, 1.165) is 77.7 Å². The number of piperazine rings is 1. The Balaban J connectivity index is 1.45. The van der Waals surface area contributed by atoms with Crippen molar-refractivity contribution in [2.75, 3.05) is 56.2 Å². The summed E-state index contributed by atoms with van der Waals surface area (Å²) in [6.45, 7) is 6.92. The molecule has 1 aliphatic rings. The molecule has 9 heteroatoms. The highest BCUT2D eigenvalue weighted by Gasteiger charge is 2.21. The summed E-state index contributed by atoms with van der Waals surface area (Å²) >= 11 is 7.67. The fraction of sp³-hybridized carbons (Fsp3) is 0.360. The predicted octanol–water partition coefficient (Wildman–Crippen LogP) is 4.56. The maximum atomic E-state index is 9.22. The first-order valence-corrected chi connectivity index (χ1v) is 12.9. The molecule has 1 aliphatic heterocycles. The van der Waals surface area contributed by atoms with Crippen molar-refractivity contribution in [1.29, 1.82) is 0 Å². The van der Waals surface area contributed by atoms with E-state index in [4.69, 9.17) is 21.6 Å². The quantitative estimate of drug-likeness (QED) is 0.405. The van der Waals surface area contributed by atoms with Crippen molar-refractivity contribution in [1.82, 2.24) is 19.3 Å². The van der Waals surface area contributed by atoms with Gasteiger partial charge in [-0.3, -0.25) is 9.30 Å². The number of aromatic nitrogens is 3. The Kier molecular flexibility index (Phi) is 6.74. The van der Waals surface area contributed by atoms with E-state index in [2.05, 4.69) is 56.8 Å². The van der Waals surface area contributed by atoms with E-state index in [1.54, 1.807) is 11.3 Å². The van der Waals surface area contributed by atoms with E-state index in [-0.39, 0.29) is 6.61 Å². The zero-order chi connectivity index (χ0) is 23.7. The number of aryl methyl sites for hydroxylation is 1. The summed E-state index contributed by atoms with van der Waals surface area (Å²) in [6.07, 6.45) is 3.04. The standard InChI is InChI=1S/C25H29ClN6OS/c1-3-21-24(29(2)25-28-22(17-34-25)18-4-6-19(26)7-5-18)32-16-20(8-9-23(32)27-21)31-12-10-30(11-13-31)14-15-33/h4-9,16-17,33H,3,10-15H2,1-2H3. The van der Waals surface area contributed by atoms with Crippen LogP contribution in [0.1, 0.15) is 12.6 Å². The first-order valence-electron chi connectivity index (χ1n) is 11.6. The fourth-order valence-electron chi connectivity index (χ4n) is 4.48. The lowest BCUT2D eigenvalue weighted by Gasteiger charge is -2.35. The number of β-amino-alcohol motifs (C(OH)–C–C–N with tert-alkyl or cyclic N) is 1. The van der Waals surface area contributed by atoms with Crippen LogP contribution in [0.2, 0.25) is 5.02 Å². The van der Waals surface area contributed by atoms with Crippen LogP contribution < -0.4 is 9.80 Å². The van der Waals surface area contributed by atoms with Crippen LogP contribution in [-0.2, 0) is 6.42 Å². The molecule has 4 aromatic rings. The molecule has 1 N–H and O–H groups in total. The normalized spacial score (nSPS) is 14.8. The average Bonchev–Trinajstić information content (AvgIpc) is 3.49. The molecule has 0 atom stereocenters. The number of pyridine rings is 1. The van der Waals surface area contributed by atoms with Crippen LogP contribution in [-0.4, -0.2) is 70.8 Å². The number of aliphatic hydroxyl groups is 1. The minimum Gasteiger partial charge on any atom is -0.395 e. The van der Waals surface area contributed by atoms with Gasteiger partial charge in [0.1, 0.15) is 11.5 Å². The monoisotopic (exact) mass is 496 g/mol. The molecule has 1 saturated heterocycles. The summed E-state index contributed by atoms with van der Waals surface area (Å²) in [5, 5.41) is 12.9. The highest BCUT2D eigenvalue weighted by molar-refractivity contribution is 7.14. The minimum atomic E-state index is 0.215. The van der Waals surface area contributed by atoms with Gasteiger partial charge in [0.05, 0.1) is 23.7 Å². The molecule has 178 valence electrons. The van der Waals surface area contributed by atoms with Crippen LogP contribution >= 0.6 is 22.9 Å². The molecule has 4 heterocycles. The topological polar surface area (TPSA) is 60.1 Å². The maximum Gasteiger partial charge on any atom is 0.191 e. The number of rotatable bonds is 7. The van der Waals surface area contributed by atoms with Gasteiger partial charge in [-0.25, -0.2) is 9.97 Å². The number of benzene rings is 1. The average molecular weight is 497 g/mol. The first-order chi connectivity index (χ1) is 16.6. The molecule has 0 radical (unpaired) electrons. The van der Waals surface area contributed by atoms with E-state index in [9.17, 15) is 5.11 Å². The second kappa shape index (κ2) is 9.92. The Morgan fingerprint density at radius 1 is 1.06 bits per heavy atom. The third-order valence-electron chi connectivity index (χ3n) is 6.37. The predicted molar refractivity (Wildman–Crippen MR) is 141 cm³/mol. The van der Waals surface area contributed by atoms with Gasteiger partial charge in [-0.05, 0) is 30.7 Å². The number of hydrogen-bond acceptors (Lipinski definition) is 7. The van der Waals surface area contributed by atoms with Crippen molar-refractivity contribution in [3.05, 3.63) is 58.7 Å². The molecular formula is C25H29ClN6OS. The lowest BCUT2D eigenvalue weighted by Crippen LogP contribution is -2.47. The van der Waals surface area contributed by atoms with Crippen molar-refractivity contribution in [2.45, 2.75) is 13.3 Å². The summed E-state index contributed by atoms with van der Waals surface area (Å²) in [5.41, 5.74) is 5.17. The summed E-state index contributed by atoms with van der Waals surface area (Å²) in [7, 11) is 2.06. The number of aliphatic hydroxyl groups excluding tert-OH is 1. The van der Waals surface area contributed by atoms with Crippen LogP contribution in [0, 0.1) is 0 Å². The third-order valence-corrected chi connectivity index (χ3v) is 7.54. The zero-order valence-electron chi connectivity index (χ0n) is 19.5. The van der Waals surface area contributed by atoms with E-state index in [0.29, 0.717) is 0 Å². The first kappa shape index (κ1) is 23.1. The highest BCUT2D eigenvalue weighted by atomic mass is 35.5.